The predicted molar refractivity (Wildman–Crippen MR) is 76.7 cm³/mol. The third-order valence-electron chi connectivity index (χ3n) is 4.38. The van der Waals surface area contributed by atoms with Crippen LogP contribution in [0.5, 0.6) is 0 Å². The zero-order valence-corrected chi connectivity index (χ0v) is 12.1. The highest BCUT2D eigenvalue weighted by Gasteiger charge is 2.38. The zero-order chi connectivity index (χ0) is 13.0. The van der Waals surface area contributed by atoms with E-state index in [2.05, 4.69) is 54.1 Å². The first-order valence-corrected chi connectivity index (χ1v) is 7.20. The molecule has 1 saturated carbocycles. The van der Waals surface area contributed by atoms with Crippen LogP contribution >= 0.6 is 0 Å². The number of hydrogen-bond donors (Lipinski definition) is 1. The maximum Gasteiger partial charge on any atom is 0.0360 e. The lowest BCUT2D eigenvalue weighted by Crippen LogP contribution is -2.56. The zero-order valence-electron chi connectivity index (χ0n) is 12.1. The average molecular weight is 249 g/mol. The molecule has 3 nitrogen and oxygen atoms in total. The first-order valence-electron chi connectivity index (χ1n) is 7.20. The van der Waals surface area contributed by atoms with Gasteiger partial charge in [0.05, 0.1) is 0 Å². The summed E-state index contributed by atoms with van der Waals surface area (Å²) < 4.78 is 2.36. The van der Waals surface area contributed by atoms with Gasteiger partial charge in [0, 0.05) is 37.1 Å². The second-order valence-electron chi connectivity index (χ2n) is 5.77. The summed E-state index contributed by atoms with van der Waals surface area (Å²) >= 11 is 0. The lowest BCUT2D eigenvalue weighted by atomic mass is 9.75. The van der Waals surface area contributed by atoms with Gasteiger partial charge in [0.1, 0.15) is 0 Å². The monoisotopic (exact) mass is 249 g/mol. The van der Waals surface area contributed by atoms with E-state index in [4.69, 9.17) is 0 Å². The largest absolute Gasteiger partial charge is 0.350 e. The van der Waals surface area contributed by atoms with Crippen molar-refractivity contribution in [3.05, 3.63) is 24.0 Å². The summed E-state index contributed by atoms with van der Waals surface area (Å²) in [5.74, 6) is 0. The van der Waals surface area contributed by atoms with Crippen molar-refractivity contribution in [1.29, 1.82) is 0 Å². The summed E-state index contributed by atoms with van der Waals surface area (Å²) in [6.07, 6.45) is 7.44. The van der Waals surface area contributed by atoms with E-state index in [0.717, 1.165) is 19.6 Å². The number of nitrogens with zero attached hydrogens (tertiary/aromatic N) is 2. The lowest BCUT2D eigenvalue weighted by molar-refractivity contribution is 0.0596. The van der Waals surface area contributed by atoms with E-state index < -0.39 is 0 Å². The number of aromatic nitrogens is 1. The van der Waals surface area contributed by atoms with E-state index in [-0.39, 0.29) is 0 Å². The topological polar surface area (TPSA) is 20.2 Å². The molecule has 0 bridgehead atoms. The fraction of sp³-hybridized carbons (Fsp3) is 0.733. The van der Waals surface area contributed by atoms with Gasteiger partial charge in [-0.1, -0.05) is 6.92 Å². The second-order valence-corrected chi connectivity index (χ2v) is 5.77. The van der Waals surface area contributed by atoms with Gasteiger partial charge < -0.3 is 14.8 Å². The van der Waals surface area contributed by atoms with E-state index in [0.29, 0.717) is 5.54 Å². The van der Waals surface area contributed by atoms with Gasteiger partial charge in [-0.25, -0.2) is 0 Å². The molecule has 0 aromatic carbocycles. The third kappa shape index (κ3) is 2.78. The average Bonchev–Trinajstić information content (AvgIpc) is 2.70. The molecule has 1 aliphatic carbocycles. The maximum atomic E-state index is 3.65. The third-order valence-corrected chi connectivity index (χ3v) is 4.38. The summed E-state index contributed by atoms with van der Waals surface area (Å²) in [6, 6.07) is 4.38. The van der Waals surface area contributed by atoms with Crippen LogP contribution in [0.3, 0.4) is 0 Å². The quantitative estimate of drug-likeness (QED) is 0.801. The molecule has 2 rings (SSSR count). The molecule has 0 spiro atoms. The predicted octanol–water partition coefficient (Wildman–Crippen LogP) is 2.47. The van der Waals surface area contributed by atoms with E-state index in [1.807, 2.05) is 0 Å². The van der Waals surface area contributed by atoms with Gasteiger partial charge in [0.15, 0.2) is 0 Å². The molecule has 1 aromatic heterocycles. The number of hydrogen-bond acceptors (Lipinski definition) is 2. The Labute approximate surface area is 111 Å². The molecule has 18 heavy (non-hydrogen) atoms. The van der Waals surface area contributed by atoms with E-state index in [1.54, 1.807) is 0 Å². The minimum Gasteiger partial charge on any atom is -0.350 e. The summed E-state index contributed by atoms with van der Waals surface area (Å²) in [4.78, 5) is 2.40. The molecule has 1 heterocycles. The summed E-state index contributed by atoms with van der Waals surface area (Å²) in [5, 5.41) is 3.65. The van der Waals surface area contributed by atoms with Crippen LogP contribution in [0.25, 0.3) is 0 Å². The van der Waals surface area contributed by atoms with Crippen LogP contribution in [0.4, 0.5) is 0 Å². The van der Waals surface area contributed by atoms with Gasteiger partial charge in [-0.3, -0.25) is 0 Å². The second kappa shape index (κ2) is 5.89. The Bertz CT molecular complexity index is 364. The maximum absolute atomic E-state index is 3.65. The summed E-state index contributed by atoms with van der Waals surface area (Å²) in [7, 11) is 4.42. The lowest BCUT2D eigenvalue weighted by Gasteiger charge is -2.47. The van der Waals surface area contributed by atoms with Crippen molar-refractivity contribution in [3.8, 4) is 0 Å². The van der Waals surface area contributed by atoms with E-state index >= 15 is 0 Å². The van der Waals surface area contributed by atoms with Gasteiger partial charge in [0.25, 0.3) is 0 Å². The van der Waals surface area contributed by atoms with Crippen LogP contribution < -0.4 is 5.32 Å². The summed E-state index contributed by atoms with van der Waals surface area (Å²) in [5.41, 5.74) is 1.83. The van der Waals surface area contributed by atoms with Crippen molar-refractivity contribution in [2.45, 2.75) is 51.2 Å². The first kappa shape index (κ1) is 13.6. The van der Waals surface area contributed by atoms with Gasteiger partial charge in [-0.15, -0.1) is 0 Å². The number of nitrogens with one attached hydrogen (secondary N) is 1. The van der Waals surface area contributed by atoms with Crippen molar-refractivity contribution >= 4 is 0 Å². The van der Waals surface area contributed by atoms with Crippen LogP contribution in [0.15, 0.2) is 18.3 Å². The van der Waals surface area contributed by atoms with Crippen LogP contribution in [-0.4, -0.2) is 35.6 Å². The Hall–Kier alpha value is -0.800. The molecule has 0 radical (unpaired) electrons. The highest BCUT2D eigenvalue weighted by atomic mass is 15.2. The van der Waals surface area contributed by atoms with E-state index in [1.165, 1.54) is 31.4 Å². The van der Waals surface area contributed by atoms with Gasteiger partial charge >= 0.3 is 0 Å². The minimum atomic E-state index is 0.419. The fourth-order valence-corrected chi connectivity index (χ4v) is 2.86. The number of aryl methyl sites for hydroxylation is 1. The van der Waals surface area contributed by atoms with E-state index in [9.17, 15) is 0 Å². The standard InChI is InChI=1S/C15H27N3/c1-4-10-18-11-5-7-14(18)12-16-13-15(17(2)3)8-6-9-15/h5,7,11,16H,4,6,8-10,12-13H2,1-3H3. The molecule has 1 aromatic rings. The van der Waals surface area contributed by atoms with Gasteiger partial charge in [0.2, 0.25) is 0 Å². The normalized spacial score (nSPS) is 18.0. The molecule has 0 unspecified atom stereocenters. The molecular formula is C15H27N3. The molecule has 0 atom stereocenters. The van der Waals surface area contributed by atoms with Crippen LogP contribution in [0.2, 0.25) is 0 Å². The van der Waals surface area contributed by atoms with Crippen molar-refractivity contribution < 1.29 is 0 Å². The number of likely N-dealkylation sites (N-methyl/N-ethyl adjacent to an activating group) is 1. The summed E-state index contributed by atoms with van der Waals surface area (Å²) in [6.45, 7) is 5.45. The Morgan fingerprint density at radius 3 is 2.72 bits per heavy atom. The molecule has 1 N–H and O–H groups in total. The first-order chi connectivity index (χ1) is 8.68. The smallest absolute Gasteiger partial charge is 0.0360 e. The highest BCUT2D eigenvalue weighted by Crippen LogP contribution is 2.35. The highest BCUT2D eigenvalue weighted by molar-refractivity contribution is 5.07. The molecule has 1 fully saturated rings. The Balaban J connectivity index is 1.82. The van der Waals surface area contributed by atoms with Gasteiger partial charge in [-0.2, -0.15) is 0 Å². The van der Waals surface area contributed by atoms with Crippen LogP contribution in [-0.2, 0) is 13.1 Å². The molecule has 1 aliphatic rings. The molecule has 0 saturated heterocycles. The Kier molecular flexibility index (Phi) is 4.46. The SMILES string of the molecule is CCCn1cccc1CNCC1(N(C)C)CCC1. The van der Waals surface area contributed by atoms with Crippen LogP contribution in [0, 0.1) is 0 Å². The van der Waals surface area contributed by atoms with Crippen molar-refractivity contribution in [2.24, 2.45) is 0 Å². The van der Waals surface area contributed by atoms with Crippen molar-refractivity contribution in [3.63, 3.8) is 0 Å². The van der Waals surface area contributed by atoms with Crippen LogP contribution in [0.1, 0.15) is 38.3 Å². The fourth-order valence-electron chi connectivity index (χ4n) is 2.86. The van der Waals surface area contributed by atoms with Gasteiger partial charge in [-0.05, 0) is 51.9 Å². The Morgan fingerprint density at radius 2 is 2.17 bits per heavy atom. The molecule has 3 heteroatoms. The molecular weight excluding hydrogens is 222 g/mol. The van der Waals surface area contributed by atoms with Crippen molar-refractivity contribution in [2.75, 3.05) is 20.6 Å². The Morgan fingerprint density at radius 1 is 1.39 bits per heavy atom. The molecule has 0 aliphatic heterocycles. The molecule has 0 amide bonds. The minimum absolute atomic E-state index is 0.419. The molecule has 102 valence electrons. The van der Waals surface area contributed by atoms with Crippen molar-refractivity contribution in [1.82, 2.24) is 14.8 Å². The number of rotatable bonds is 7.